The Morgan fingerprint density at radius 3 is 1.69 bits per heavy atom. The molecular weight excluding hydrogens is 536 g/mol. The van der Waals surface area contributed by atoms with Gasteiger partial charge in [0.15, 0.2) is 0 Å². The van der Waals surface area contributed by atoms with E-state index in [1.165, 1.54) is 19.9 Å². The molecule has 0 saturated heterocycles. The molecule has 0 N–H and O–H groups in total. The first-order valence-electron chi connectivity index (χ1n) is 13.0. The standard InChI is InChI=1S/C34H32O8/c1-20(2)31(35)39-14-15-40-34(38)28-17-27(18-29(19-28)41-32(36)21(3)4)25-10-8-24(9-11-25)26-12-13-30(23(7)16-26)42-33(37)22(5)6/h8-13,16-19H,1,3,5,14-15H2,2,4,6-7H3. The fraction of sp³-hybridized carbons (Fsp3) is 0.176. The Labute approximate surface area is 244 Å². The molecule has 216 valence electrons. The van der Waals surface area contributed by atoms with Crippen molar-refractivity contribution in [2.24, 2.45) is 0 Å². The molecule has 0 bridgehead atoms. The molecule has 3 rings (SSSR count). The lowest BCUT2D eigenvalue weighted by molar-refractivity contribution is -0.140. The van der Waals surface area contributed by atoms with Gasteiger partial charge in [0.25, 0.3) is 0 Å². The van der Waals surface area contributed by atoms with Crippen LogP contribution in [0.2, 0.25) is 0 Å². The Morgan fingerprint density at radius 2 is 1.12 bits per heavy atom. The van der Waals surface area contributed by atoms with Crippen molar-refractivity contribution < 1.29 is 38.1 Å². The second-order valence-corrected chi connectivity index (χ2v) is 9.70. The van der Waals surface area contributed by atoms with Gasteiger partial charge < -0.3 is 18.9 Å². The van der Waals surface area contributed by atoms with Crippen LogP contribution in [0, 0.1) is 6.92 Å². The lowest BCUT2D eigenvalue weighted by Crippen LogP contribution is -2.15. The van der Waals surface area contributed by atoms with E-state index in [0.29, 0.717) is 16.9 Å². The van der Waals surface area contributed by atoms with Gasteiger partial charge >= 0.3 is 23.9 Å². The van der Waals surface area contributed by atoms with Crippen LogP contribution < -0.4 is 9.47 Å². The maximum atomic E-state index is 12.8. The van der Waals surface area contributed by atoms with Crippen LogP contribution in [-0.4, -0.2) is 37.1 Å². The minimum atomic E-state index is -0.685. The van der Waals surface area contributed by atoms with E-state index in [4.69, 9.17) is 18.9 Å². The number of hydrogen-bond acceptors (Lipinski definition) is 8. The molecular formula is C34H32O8. The molecule has 0 fully saturated rings. The number of hydrogen-bond donors (Lipinski definition) is 0. The van der Waals surface area contributed by atoms with Crippen LogP contribution in [0.3, 0.4) is 0 Å². The van der Waals surface area contributed by atoms with Gasteiger partial charge in [0.2, 0.25) is 0 Å². The van der Waals surface area contributed by atoms with Gasteiger partial charge in [-0.05, 0) is 85.8 Å². The molecule has 0 aliphatic rings. The van der Waals surface area contributed by atoms with E-state index < -0.39 is 23.9 Å². The SMILES string of the molecule is C=C(C)C(=O)OCCOC(=O)c1cc(OC(=O)C(=C)C)cc(-c2ccc(-c3ccc(OC(=O)C(=C)C)c(C)c3)cc2)c1. The van der Waals surface area contributed by atoms with Gasteiger partial charge in [-0.3, -0.25) is 0 Å². The highest BCUT2D eigenvalue weighted by Gasteiger charge is 2.16. The highest BCUT2D eigenvalue weighted by molar-refractivity contribution is 5.93. The van der Waals surface area contributed by atoms with E-state index in [9.17, 15) is 19.2 Å². The molecule has 0 aromatic heterocycles. The van der Waals surface area contributed by atoms with Gasteiger partial charge in [-0.15, -0.1) is 0 Å². The van der Waals surface area contributed by atoms with Crippen LogP contribution in [-0.2, 0) is 23.9 Å². The van der Waals surface area contributed by atoms with Crippen LogP contribution in [0.15, 0.2) is 97.1 Å². The molecule has 0 aliphatic heterocycles. The zero-order chi connectivity index (χ0) is 31.0. The van der Waals surface area contributed by atoms with Crippen LogP contribution in [0.25, 0.3) is 22.3 Å². The quantitative estimate of drug-likeness (QED) is 0.111. The van der Waals surface area contributed by atoms with E-state index in [1.54, 1.807) is 25.1 Å². The summed E-state index contributed by atoms with van der Waals surface area (Å²) in [5.41, 5.74) is 4.85. The fourth-order valence-electron chi connectivity index (χ4n) is 3.60. The molecule has 0 spiro atoms. The van der Waals surface area contributed by atoms with E-state index >= 15 is 0 Å². The maximum absolute atomic E-state index is 12.8. The molecule has 0 unspecified atom stereocenters. The third kappa shape index (κ3) is 8.38. The topological polar surface area (TPSA) is 105 Å². The van der Waals surface area contributed by atoms with Crippen molar-refractivity contribution in [3.05, 3.63) is 108 Å². The summed E-state index contributed by atoms with van der Waals surface area (Å²) < 4.78 is 21.0. The molecule has 0 atom stereocenters. The summed E-state index contributed by atoms with van der Waals surface area (Å²) >= 11 is 0. The first kappa shape index (κ1) is 31.3. The molecule has 42 heavy (non-hydrogen) atoms. The number of carbonyl (C=O) groups is 4. The van der Waals surface area contributed by atoms with Crippen molar-refractivity contribution in [1.82, 2.24) is 0 Å². The van der Waals surface area contributed by atoms with Gasteiger partial charge in [-0.2, -0.15) is 0 Å². The molecule has 0 aliphatic carbocycles. The van der Waals surface area contributed by atoms with Crippen molar-refractivity contribution >= 4 is 23.9 Å². The molecule has 3 aromatic rings. The Bertz CT molecular complexity index is 1580. The van der Waals surface area contributed by atoms with Gasteiger partial charge in [0.1, 0.15) is 24.7 Å². The van der Waals surface area contributed by atoms with Gasteiger partial charge in [-0.25, -0.2) is 19.2 Å². The molecule has 0 heterocycles. The molecule has 0 saturated carbocycles. The second kappa shape index (κ2) is 13.9. The Hall–Kier alpha value is -5.24. The summed E-state index contributed by atoms with van der Waals surface area (Å²) in [5, 5.41) is 0. The predicted octanol–water partition coefficient (Wildman–Crippen LogP) is 6.57. The zero-order valence-electron chi connectivity index (χ0n) is 24.1. The second-order valence-electron chi connectivity index (χ2n) is 9.70. The minimum absolute atomic E-state index is 0.132. The normalized spacial score (nSPS) is 10.3. The summed E-state index contributed by atoms with van der Waals surface area (Å²) in [6.45, 7) is 16.9. The first-order chi connectivity index (χ1) is 19.8. The van der Waals surface area contributed by atoms with Crippen molar-refractivity contribution in [1.29, 1.82) is 0 Å². The highest BCUT2D eigenvalue weighted by Crippen LogP contribution is 2.31. The molecule has 8 nitrogen and oxygen atoms in total. The monoisotopic (exact) mass is 568 g/mol. The Kier molecular flexibility index (Phi) is 10.4. The maximum Gasteiger partial charge on any atom is 0.338 e. The van der Waals surface area contributed by atoms with E-state index in [0.717, 1.165) is 22.3 Å². The smallest absolute Gasteiger partial charge is 0.338 e. The van der Waals surface area contributed by atoms with Gasteiger partial charge in [0.05, 0.1) is 5.56 Å². The van der Waals surface area contributed by atoms with E-state index in [-0.39, 0.29) is 35.7 Å². The summed E-state index contributed by atoms with van der Waals surface area (Å²) in [7, 11) is 0. The lowest BCUT2D eigenvalue weighted by atomic mass is 9.98. The average Bonchev–Trinajstić information content (AvgIpc) is 2.95. The highest BCUT2D eigenvalue weighted by atomic mass is 16.6. The van der Waals surface area contributed by atoms with Crippen LogP contribution >= 0.6 is 0 Å². The zero-order valence-corrected chi connectivity index (χ0v) is 24.1. The van der Waals surface area contributed by atoms with Crippen molar-refractivity contribution in [2.45, 2.75) is 27.7 Å². The molecule has 0 radical (unpaired) electrons. The molecule has 3 aromatic carbocycles. The summed E-state index contributed by atoms with van der Waals surface area (Å²) in [6.07, 6.45) is 0. The molecule has 8 heteroatoms. The van der Waals surface area contributed by atoms with Gasteiger partial charge in [-0.1, -0.05) is 50.1 Å². The number of rotatable bonds is 11. The van der Waals surface area contributed by atoms with Crippen LogP contribution in [0.4, 0.5) is 0 Å². The van der Waals surface area contributed by atoms with E-state index in [1.807, 2.05) is 43.3 Å². The summed E-state index contributed by atoms with van der Waals surface area (Å²) in [6, 6.07) is 17.7. The number of carbonyl (C=O) groups excluding carboxylic acids is 4. The summed E-state index contributed by atoms with van der Waals surface area (Å²) in [5.74, 6) is -1.79. The Morgan fingerprint density at radius 1 is 0.595 bits per heavy atom. The number of aryl methyl sites for hydroxylation is 1. The third-order valence-corrected chi connectivity index (χ3v) is 5.88. The lowest BCUT2D eigenvalue weighted by Gasteiger charge is -2.12. The number of esters is 4. The number of ether oxygens (including phenoxy) is 4. The van der Waals surface area contributed by atoms with Crippen LogP contribution in [0.5, 0.6) is 11.5 Å². The Balaban J connectivity index is 1.85. The average molecular weight is 569 g/mol. The van der Waals surface area contributed by atoms with Crippen LogP contribution in [0.1, 0.15) is 36.7 Å². The number of benzene rings is 3. The molecule has 0 amide bonds. The first-order valence-corrected chi connectivity index (χ1v) is 13.0. The van der Waals surface area contributed by atoms with E-state index in [2.05, 4.69) is 19.7 Å². The summed E-state index contributed by atoms with van der Waals surface area (Å²) in [4.78, 5) is 48.4. The largest absolute Gasteiger partial charge is 0.459 e. The fourth-order valence-corrected chi connectivity index (χ4v) is 3.60. The minimum Gasteiger partial charge on any atom is -0.459 e. The van der Waals surface area contributed by atoms with Crippen molar-refractivity contribution in [3.63, 3.8) is 0 Å². The van der Waals surface area contributed by atoms with Crippen molar-refractivity contribution in [3.8, 4) is 33.8 Å². The third-order valence-electron chi connectivity index (χ3n) is 5.88. The van der Waals surface area contributed by atoms with Crippen molar-refractivity contribution in [2.75, 3.05) is 13.2 Å². The van der Waals surface area contributed by atoms with Gasteiger partial charge in [0, 0.05) is 16.7 Å². The predicted molar refractivity (Wildman–Crippen MR) is 159 cm³/mol.